The van der Waals surface area contributed by atoms with Crippen LogP contribution in [0.5, 0.6) is 5.75 Å². The fraction of sp³-hybridized carbons (Fsp3) is 0. The van der Waals surface area contributed by atoms with Crippen molar-refractivity contribution in [1.82, 2.24) is 0 Å². The molecule has 0 aromatic heterocycles. The first kappa shape index (κ1) is 14.0. The van der Waals surface area contributed by atoms with E-state index in [1.165, 1.54) is 18.2 Å². The highest BCUT2D eigenvalue weighted by molar-refractivity contribution is 7.74. The van der Waals surface area contributed by atoms with Gasteiger partial charge >= 0.3 is 11.4 Å². The second-order valence-corrected chi connectivity index (χ2v) is 4.47. The van der Waals surface area contributed by atoms with Gasteiger partial charge in [0.1, 0.15) is 0 Å². The zero-order valence-corrected chi connectivity index (χ0v) is 11.1. The average Bonchev–Trinajstić information content (AvgIpc) is 2.42. The molecule has 6 nitrogen and oxygen atoms in total. The minimum Gasteiger partial charge on any atom is -0.396 e. The van der Waals surface area contributed by atoms with Crippen LogP contribution < -0.4 is 15.2 Å². The molecule has 2 aromatic rings. The van der Waals surface area contributed by atoms with Gasteiger partial charge in [0.2, 0.25) is 0 Å². The smallest absolute Gasteiger partial charge is 0.357 e. The van der Waals surface area contributed by atoms with E-state index in [2.05, 4.69) is 9.50 Å². The normalized spacial score (nSPS) is 11.7. The number of nitrogen functional groups attached to an aromatic ring is 1. The molecule has 1 unspecified atom stereocenters. The molecule has 7 heteroatoms. The van der Waals surface area contributed by atoms with E-state index in [1.54, 1.807) is 24.3 Å². The number of nitrogens with two attached hydrogens (primary N) is 1. The van der Waals surface area contributed by atoms with Crippen molar-refractivity contribution in [1.29, 1.82) is 0 Å². The van der Waals surface area contributed by atoms with Gasteiger partial charge in [-0.2, -0.15) is 4.21 Å². The lowest BCUT2D eigenvalue weighted by molar-refractivity contribution is 0.102. The van der Waals surface area contributed by atoms with Crippen molar-refractivity contribution >= 4 is 28.6 Å². The van der Waals surface area contributed by atoms with Crippen LogP contribution in [0, 0.1) is 0 Å². The topological polar surface area (TPSA) is 102 Å². The Morgan fingerprint density at radius 2 is 1.90 bits per heavy atom. The molecule has 0 aliphatic heterocycles. The van der Waals surface area contributed by atoms with Gasteiger partial charge in [-0.3, -0.25) is 9.35 Å². The lowest BCUT2D eigenvalue weighted by Gasteiger charge is -2.08. The maximum Gasteiger partial charge on any atom is 0.357 e. The van der Waals surface area contributed by atoms with Crippen LogP contribution in [0.2, 0.25) is 0 Å². The second kappa shape index (κ2) is 6.18. The fourth-order valence-corrected chi connectivity index (χ4v) is 1.88. The van der Waals surface area contributed by atoms with Crippen molar-refractivity contribution in [3.63, 3.8) is 0 Å². The molecule has 2 rings (SSSR count). The van der Waals surface area contributed by atoms with Crippen molar-refractivity contribution in [3.8, 4) is 5.75 Å². The molecule has 1 amide bonds. The Labute approximate surface area is 118 Å². The quantitative estimate of drug-likeness (QED) is 0.591. The first-order valence-electron chi connectivity index (χ1n) is 5.61. The molecular formula is C13H12N2O4S. The molecule has 0 heterocycles. The van der Waals surface area contributed by atoms with Crippen LogP contribution in [-0.2, 0) is 11.4 Å². The lowest BCUT2D eigenvalue weighted by Crippen LogP contribution is -2.12. The Morgan fingerprint density at radius 3 is 2.50 bits per heavy atom. The van der Waals surface area contributed by atoms with E-state index >= 15 is 0 Å². The van der Waals surface area contributed by atoms with E-state index in [1.807, 2.05) is 6.07 Å². The largest absolute Gasteiger partial charge is 0.396 e. The summed E-state index contributed by atoms with van der Waals surface area (Å²) in [4.78, 5) is 11.9. The Balaban J connectivity index is 2.13. The Morgan fingerprint density at radius 1 is 1.20 bits per heavy atom. The summed E-state index contributed by atoms with van der Waals surface area (Å²) < 4.78 is 23.7. The minimum absolute atomic E-state index is 0.0727. The standard InChI is InChI=1S/C13H12N2O4S/c14-11-8-10(6-7-12(11)19-20(17)18)15-13(16)9-4-2-1-3-5-9/h1-8H,14H2,(H,15,16)(H,17,18). The maximum atomic E-state index is 11.9. The molecule has 0 aliphatic carbocycles. The van der Waals surface area contributed by atoms with Gasteiger partial charge in [0, 0.05) is 11.3 Å². The van der Waals surface area contributed by atoms with Crippen LogP contribution in [0.25, 0.3) is 0 Å². The van der Waals surface area contributed by atoms with Crippen molar-refractivity contribution in [3.05, 3.63) is 54.1 Å². The molecule has 104 valence electrons. The van der Waals surface area contributed by atoms with E-state index in [0.29, 0.717) is 11.3 Å². The monoisotopic (exact) mass is 292 g/mol. The molecule has 0 fully saturated rings. The Kier molecular flexibility index (Phi) is 4.34. The summed E-state index contributed by atoms with van der Waals surface area (Å²) in [7, 11) is 0. The molecule has 0 saturated carbocycles. The van der Waals surface area contributed by atoms with Gasteiger partial charge in [0.25, 0.3) is 5.91 Å². The van der Waals surface area contributed by atoms with E-state index in [4.69, 9.17) is 10.3 Å². The molecular weight excluding hydrogens is 280 g/mol. The molecule has 0 saturated heterocycles. The Bertz CT molecular complexity index is 646. The first-order valence-corrected chi connectivity index (χ1v) is 6.64. The van der Waals surface area contributed by atoms with Gasteiger partial charge in [0.15, 0.2) is 5.75 Å². The number of amides is 1. The maximum absolute atomic E-state index is 11.9. The molecule has 0 aliphatic rings. The number of hydrogen-bond acceptors (Lipinski definition) is 4. The highest BCUT2D eigenvalue weighted by Gasteiger charge is 2.08. The fourth-order valence-electron chi connectivity index (χ4n) is 1.57. The second-order valence-electron chi connectivity index (χ2n) is 3.87. The third-order valence-electron chi connectivity index (χ3n) is 2.46. The highest BCUT2D eigenvalue weighted by atomic mass is 32.2. The summed E-state index contributed by atoms with van der Waals surface area (Å²) in [6.07, 6.45) is 0. The predicted octanol–water partition coefficient (Wildman–Crippen LogP) is 2.04. The highest BCUT2D eigenvalue weighted by Crippen LogP contribution is 2.25. The van der Waals surface area contributed by atoms with Gasteiger partial charge in [-0.05, 0) is 30.3 Å². The van der Waals surface area contributed by atoms with Crippen LogP contribution in [0.4, 0.5) is 11.4 Å². The zero-order valence-electron chi connectivity index (χ0n) is 10.3. The number of anilines is 2. The van der Waals surface area contributed by atoms with Crippen molar-refractivity contribution in [2.45, 2.75) is 0 Å². The lowest BCUT2D eigenvalue weighted by atomic mass is 10.2. The van der Waals surface area contributed by atoms with E-state index in [-0.39, 0.29) is 17.3 Å². The summed E-state index contributed by atoms with van der Waals surface area (Å²) in [6, 6.07) is 13.1. The summed E-state index contributed by atoms with van der Waals surface area (Å²) in [5.74, 6) is -0.201. The third-order valence-corrected chi connectivity index (χ3v) is 2.79. The van der Waals surface area contributed by atoms with Crippen LogP contribution in [0.3, 0.4) is 0 Å². The number of rotatable bonds is 4. The summed E-state index contributed by atoms with van der Waals surface area (Å²) in [5, 5.41) is 2.67. The number of benzene rings is 2. The van der Waals surface area contributed by atoms with Gasteiger partial charge in [0.05, 0.1) is 5.69 Å². The van der Waals surface area contributed by atoms with Crippen LogP contribution in [-0.4, -0.2) is 14.7 Å². The van der Waals surface area contributed by atoms with E-state index < -0.39 is 11.4 Å². The molecule has 20 heavy (non-hydrogen) atoms. The number of carbonyl (C=O) groups is 1. The van der Waals surface area contributed by atoms with Crippen LogP contribution in [0.1, 0.15) is 10.4 Å². The van der Waals surface area contributed by atoms with Gasteiger partial charge in [-0.1, -0.05) is 18.2 Å². The van der Waals surface area contributed by atoms with Crippen molar-refractivity contribution < 1.29 is 17.7 Å². The third kappa shape index (κ3) is 3.56. The Hall–Kier alpha value is -2.38. The first-order chi connectivity index (χ1) is 9.56. The van der Waals surface area contributed by atoms with Crippen LogP contribution in [0.15, 0.2) is 48.5 Å². The van der Waals surface area contributed by atoms with E-state index in [9.17, 15) is 9.00 Å². The van der Waals surface area contributed by atoms with Gasteiger partial charge in [-0.25, -0.2) is 0 Å². The summed E-state index contributed by atoms with van der Waals surface area (Å²) in [6.45, 7) is 0. The summed E-state index contributed by atoms with van der Waals surface area (Å²) >= 11 is -2.44. The van der Waals surface area contributed by atoms with Crippen molar-refractivity contribution in [2.24, 2.45) is 0 Å². The summed E-state index contributed by atoms with van der Waals surface area (Å²) in [5.41, 5.74) is 6.80. The van der Waals surface area contributed by atoms with Gasteiger partial charge in [-0.15, -0.1) is 0 Å². The number of hydrogen-bond donors (Lipinski definition) is 3. The SMILES string of the molecule is Nc1cc(NC(=O)c2ccccc2)ccc1OS(=O)O. The predicted molar refractivity (Wildman–Crippen MR) is 76.6 cm³/mol. The number of nitrogens with one attached hydrogen (secondary N) is 1. The number of carbonyl (C=O) groups excluding carboxylic acids is 1. The molecule has 1 atom stereocenters. The molecule has 0 radical (unpaired) electrons. The molecule has 0 spiro atoms. The van der Waals surface area contributed by atoms with Gasteiger partial charge < -0.3 is 15.2 Å². The molecule has 4 N–H and O–H groups in total. The van der Waals surface area contributed by atoms with Crippen molar-refractivity contribution in [2.75, 3.05) is 11.1 Å². The average molecular weight is 292 g/mol. The van der Waals surface area contributed by atoms with Crippen LogP contribution >= 0.6 is 0 Å². The molecule has 0 bridgehead atoms. The minimum atomic E-state index is -2.44. The molecule has 2 aromatic carbocycles. The zero-order chi connectivity index (χ0) is 14.5. The van der Waals surface area contributed by atoms with E-state index in [0.717, 1.165) is 0 Å².